The maximum Gasteiger partial charge on any atom is 0.309 e. The number of oxazole rings is 1. The van der Waals surface area contributed by atoms with Gasteiger partial charge in [-0.15, -0.1) is 0 Å². The fourth-order valence-electron chi connectivity index (χ4n) is 5.06. The molecule has 1 aliphatic rings. The van der Waals surface area contributed by atoms with Crippen LogP contribution in [0.5, 0.6) is 0 Å². The van der Waals surface area contributed by atoms with Gasteiger partial charge in [-0.1, -0.05) is 45.4 Å². The summed E-state index contributed by atoms with van der Waals surface area (Å²) < 4.78 is 11.5. The molecular formula is C29H42N2O6. The Bertz CT molecular complexity index is 1120. The Kier molecular flexibility index (Phi) is 9.67. The Morgan fingerprint density at radius 3 is 2.62 bits per heavy atom. The second-order valence-corrected chi connectivity index (χ2v) is 11.0. The van der Waals surface area contributed by atoms with Crippen LogP contribution in [0.4, 0.5) is 0 Å². The van der Waals surface area contributed by atoms with Gasteiger partial charge in [-0.3, -0.25) is 9.59 Å². The van der Waals surface area contributed by atoms with E-state index in [4.69, 9.17) is 14.9 Å². The molecule has 1 aromatic heterocycles. The van der Waals surface area contributed by atoms with Crippen molar-refractivity contribution in [2.45, 2.75) is 98.0 Å². The van der Waals surface area contributed by atoms with Crippen molar-refractivity contribution in [3.05, 3.63) is 41.3 Å². The Morgan fingerprint density at radius 1 is 1.22 bits per heavy atom. The molecule has 0 aliphatic carbocycles. The highest BCUT2D eigenvalue weighted by molar-refractivity contribution is 5.88. The Balaban J connectivity index is 1.93. The third kappa shape index (κ3) is 6.86. The summed E-state index contributed by atoms with van der Waals surface area (Å²) in [5.41, 5.74) is 7.59. The summed E-state index contributed by atoms with van der Waals surface area (Å²) in [5, 5.41) is 22.0. The average molecular weight is 515 g/mol. The van der Waals surface area contributed by atoms with E-state index in [0.29, 0.717) is 29.8 Å². The van der Waals surface area contributed by atoms with E-state index in [1.807, 2.05) is 32.9 Å². The van der Waals surface area contributed by atoms with E-state index in [-0.39, 0.29) is 24.7 Å². The van der Waals surface area contributed by atoms with E-state index >= 15 is 0 Å². The molecule has 0 radical (unpaired) electrons. The standard InChI is InChI=1S/C29H42N2O6/c1-6-20-27(34)18(3)9-7-8-17(2)10-12-22(37-26(33)15-24(32)29(4,5)28(20)35)19-11-13-23-21(14-19)31-25(16-30)36-23/h10-11,13-14,18,20,22,24,27,32,34H,6-9,12,15-16,30H2,1-5H3/b17-10-. The molecule has 2 heterocycles. The molecule has 204 valence electrons. The first-order valence-electron chi connectivity index (χ1n) is 13.3. The second-order valence-electron chi connectivity index (χ2n) is 11.0. The lowest BCUT2D eigenvalue weighted by atomic mass is 9.71. The van der Waals surface area contributed by atoms with Crippen molar-refractivity contribution in [3.63, 3.8) is 0 Å². The lowest BCUT2D eigenvalue weighted by Gasteiger charge is -2.35. The number of ether oxygens (including phenoxy) is 1. The Hall–Kier alpha value is -2.55. The monoisotopic (exact) mass is 514 g/mol. The summed E-state index contributed by atoms with van der Waals surface area (Å²) in [6.45, 7) is 9.33. The molecule has 0 bridgehead atoms. The summed E-state index contributed by atoms with van der Waals surface area (Å²) in [5.74, 6) is -1.08. The number of rotatable bonds is 3. The lowest BCUT2D eigenvalue weighted by Crippen LogP contribution is -2.46. The van der Waals surface area contributed by atoms with Crippen LogP contribution in [0, 0.1) is 17.3 Å². The molecule has 8 heteroatoms. The number of Topliss-reactive ketones (excluding diaryl/α,β-unsaturated/α-hetero) is 1. The number of allylic oxidation sites excluding steroid dienone is 1. The van der Waals surface area contributed by atoms with Crippen LogP contribution < -0.4 is 5.73 Å². The number of hydrogen-bond acceptors (Lipinski definition) is 8. The van der Waals surface area contributed by atoms with Crippen LogP contribution in [0.25, 0.3) is 11.1 Å². The summed E-state index contributed by atoms with van der Waals surface area (Å²) >= 11 is 0. The SMILES string of the molecule is CCC1C(=O)C(C)(C)C(O)CC(=O)OC(c2ccc3oc(CN)nc3c2)C/C=C(/C)CCCC(C)C1O. The van der Waals surface area contributed by atoms with Gasteiger partial charge in [0.05, 0.1) is 30.6 Å². The Morgan fingerprint density at radius 2 is 1.95 bits per heavy atom. The van der Waals surface area contributed by atoms with Crippen LogP contribution >= 0.6 is 0 Å². The molecule has 8 nitrogen and oxygen atoms in total. The summed E-state index contributed by atoms with van der Waals surface area (Å²) in [6, 6.07) is 5.46. The van der Waals surface area contributed by atoms with Crippen LogP contribution in [-0.2, 0) is 20.9 Å². The smallest absolute Gasteiger partial charge is 0.309 e. The first-order chi connectivity index (χ1) is 17.5. The van der Waals surface area contributed by atoms with Gasteiger partial charge in [-0.25, -0.2) is 4.98 Å². The molecule has 5 unspecified atom stereocenters. The zero-order chi connectivity index (χ0) is 27.3. The van der Waals surface area contributed by atoms with Crippen LogP contribution in [0.3, 0.4) is 0 Å². The molecular weight excluding hydrogens is 472 g/mol. The van der Waals surface area contributed by atoms with Crippen LogP contribution in [0.15, 0.2) is 34.3 Å². The maximum atomic E-state index is 13.4. The number of ketones is 1. The number of carbonyl (C=O) groups is 2. The van der Waals surface area contributed by atoms with Gasteiger partial charge in [-0.2, -0.15) is 0 Å². The van der Waals surface area contributed by atoms with E-state index in [9.17, 15) is 19.8 Å². The largest absolute Gasteiger partial charge is 0.457 e. The number of benzene rings is 1. The molecule has 4 N–H and O–H groups in total. The predicted octanol–water partition coefficient (Wildman–Crippen LogP) is 4.76. The molecule has 1 aromatic carbocycles. The molecule has 0 saturated heterocycles. The number of hydrogen-bond donors (Lipinski definition) is 3. The van der Waals surface area contributed by atoms with Crippen molar-refractivity contribution in [3.8, 4) is 0 Å². The van der Waals surface area contributed by atoms with Crippen molar-refractivity contribution < 1.29 is 29.0 Å². The van der Waals surface area contributed by atoms with Crippen molar-refractivity contribution in [2.24, 2.45) is 23.0 Å². The number of aromatic nitrogens is 1. The first-order valence-corrected chi connectivity index (χ1v) is 13.3. The van der Waals surface area contributed by atoms with E-state index in [1.54, 1.807) is 19.9 Å². The minimum Gasteiger partial charge on any atom is -0.457 e. The van der Waals surface area contributed by atoms with Crippen LogP contribution in [0.2, 0.25) is 0 Å². The van der Waals surface area contributed by atoms with Gasteiger partial charge in [0.15, 0.2) is 5.58 Å². The number of aliphatic hydroxyl groups is 2. The van der Waals surface area contributed by atoms with Crippen molar-refractivity contribution in [1.29, 1.82) is 0 Å². The van der Waals surface area contributed by atoms with Crippen LogP contribution in [-0.4, -0.2) is 39.2 Å². The third-order valence-corrected chi connectivity index (χ3v) is 7.79. The molecule has 3 rings (SSSR count). The number of carbonyl (C=O) groups excluding carboxylic acids is 2. The van der Waals surface area contributed by atoms with Crippen LogP contribution in [0.1, 0.15) is 90.7 Å². The number of esters is 1. The molecule has 5 atom stereocenters. The van der Waals surface area contributed by atoms with Crippen molar-refractivity contribution in [1.82, 2.24) is 4.98 Å². The van der Waals surface area contributed by atoms with Gasteiger partial charge in [-0.05, 0) is 56.2 Å². The molecule has 37 heavy (non-hydrogen) atoms. The minimum atomic E-state index is -1.25. The quantitative estimate of drug-likeness (QED) is 0.394. The summed E-state index contributed by atoms with van der Waals surface area (Å²) in [7, 11) is 0. The fraction of sp³-hybridized carbons (Fsp3) is 0.621. The molecule has 1 aliphatic heterocycles. The van der Waals surface area contributed by atoms with E-state index in [1.165, 1.54) is 0 Å². The van der Waals surface area contributed by atoms with Gasteiger partial charge >= 0.3 is 5.97 Å². The van der Waals surface area contributed by atoms with Crippen molar-refractivity contribution in [2.75, 3.05) is 0 Å². The average Bonchev–Trinajstić information content (AvgIpc) is 3.28. The molecule has 0 spiro atoms. The molecule has 0 fully saturated rings. The zero-order valence-electron chi connectivity index (χ0n) is 22.7. The molecule has 0 amide bonds. The zero-order valence-corrected chi connectivity index (χ0v) is 22.7. The first kappa shape index (κ1) is 29.0. The minimum absolute atomic E-state index is 0.0622. The van der Waals surface area contributed by atoms with Gasteiger partial charge in [0.1, 0.15) is 17.4 Å². The third-order valence-electron chi connectivity index (χ3n) is 7.79. The van der Waals surface area contributed by atoms with E-state index < -0.39 is 35.6 Å². The van der Waals surface area contributed by atoms with Gasteiger partial charge in [0.25, 0.3) is 0 Å². The predicted molar refractivity (Wildman–Crippen MR) is 141 cm³/mol. The highest BCUT2D eigenvalue weighted by Crippen LogP contribution is 2.35. The number of cyclic esters (lactones) is 1. The fourth-order valence-corrected chi connectivity index (χ4v) is 5.06. The second kappa shape index (κ2) is 12.3. The number of nitrogens with zero attached hydrogens (tertiary/aromatic N) is 1. The van der Waals surface area contributed by atoms with E-state index in [0.717, 1.165) is 30.4 Å². The number of aliphatic hydroxyl groups excluding tert-OH is 2. The van der Waals surface area contributed by atoms with Crippen molar-refractivity contribution >= 4 is 22.9 Å². The Labute approximate surface area is 219 Å². The number of fused-ring (bicyclic) bond motifs is 1. The van der Waals surface area contributed by atoms with Gasteiger partial charge in [0.2, 0.25) is 5.89 Å². The lowest BCUT2D eigenvalue weighted by molar-refractivity contribution is -0.156. The maximum absolute atomic E-state index is 13.4. The summed E-state index contributed by atoms with van der Waals surface area (Å²) in [4.78, 5) is 30.8. The molecule has 2 aromatic rings. The van der Waals surface area contributed by atoms with E-state index in [2.05, 4.69) is 11.1 Å². The highest BCUT2D eigenvalue weighted by Gasteiger charge is 2.43. The normalized spacial score (nSPS) is 30.1. The number of nitrogens with two attached hydrogens (primary N) is 1. The van der Waals surface area contributed by atoms with Gasteiger partial charge in [0, 0.05) is 12.3 Å². The van der Waals surface area contributed by atoms with Gasteiger partial charge < -0.3 is 25.1 Å². The summed E-state index contributed by atoms with van der Waals surface area (Å²) in [6.07, 6.45) is 2.51. The topological polar surface area (TPSA) is 136 Å². The molecule has 0 saturated carbocycles. The highest BCUT2D eigenvalue weighted by atomic mass is 16.5.